The first kappa shape index (κ1) is 6.75. The van der Waals surface area contributed by atoms with Crippen molar-refractivity contribution in [2.45, 2.75) is 31.8 Å². The molecule has 0 aromatic rings. The minimum atomic E-state index is -0.292. The fourth-order valence-electron chi connectivity index (χ4n) is 1.42. The lowest BCUT2D eigenvalue weighted by atomic mass is 10.0. The van der Waals surface area contributed by atoms with E-state index in [1.807, 2.05) is 0 Å². The Morgan fingerprint density at radius 3 is 2.67 bits per heavy atom. The number of nitrogens with zero attached hydrogens (tertiary/aromatic N) is 1. The molecule has 0 spiro atoms. The van der Waals surface area contributed by atoms with Crippen LogP contribution in [-0.2, 0) is 0 Å². The average Bonchev–Trinajstić information content (AvgIpc) is 2.15. The second kappa shape index (κ2) is 2.10. The minimum Gasteiger partial charge on any atom is -0.307 e. The summed E-state index contributed by atoms with van der Waals surface area (Å²) in [5.74, 6) is 0.523. The predicted molar refractivity (Wildman–Crippen MR) is 39.5 cm³/mol. The summed E-state index contributed by atoms with van der Waals surface area (Å²) < 4.78 is 0. The van der Waals surface area contributed by atoms with Crippen molar-refractivity contribution in [2.24, 2.45) is 16.6 Å². The highest BCUT2D eigenvalue weighted by molar-refractivity contribution is 5.26. The van der Waals surface area contributed by atoms with Gasteiger partial charge in [-0.05, 0) is 31.9 Å². The highest BCUT2D eigenvalue weighted by Crippen LogP contribution is 2.33. The van der Waals surface area contributed by atoms with Crippen molar-refractivity contribution in [3.05, 3.63) is 0 Å². The molecule has 2 atom stereocenters. The summed E-state index contributed by atoms with van der Waals surface area (Å²) in [5, 5.41) is 0. The van der Waals surface area contributed by atoms with E-state index in [9.17, 15) is 0 Å². The maximum Gasteiger partial charge on any atom is 0.110 e. The molecule has 1 saturated carbocycles. The standard InChI is InChI=1S/C7H14N2/c1-6-4-3-5-7(6,8)9-2/h6H,2-5,8H2,1H3. The molecular weight excluding hydrogens is 112 g/mol. The highest BCUT2D eigenvalue weighted by atomic mass is 15.0. The Balaban J connectivity index is 2.66. The van der Waals surface area contributed by atoms with Gasteiger partial charge in [-0.1, -0.05) is 6.92 Å². The normalized spacial score (nSPS) is 43.1. The van der Waals surface area contributed by atoms with Gasteiger partial charge >= 0.3 is 0 Å². The maximum atomic E-state index is 5.87. The van der Waals surface area contributed by atoms with Gasteiger partial charge in [-0.3, -0.25) is 4.99 Å². The van der Waals surface area contributed by atoms with Crippen LogP contribution in [0.15, 0.2) is 4.99 Å². The van der Waals surface area contributed by atoms with Crippen LogP contribution < -0.4 is 5.73 Å². The van der Waals surface area contributed by atoms with Crippen molar-refractivity contribution in [3.63, 3.8) is 0 Å². The summed E-state index contributed by atoms with van der Waals surface area (Å²) >= 11 is 0. The third-order valence-electron chi connectivity index (χ3n) is 2.36. The van der Waals surface area contributed by atoms with Crippen molar-refractivity contribution in [3.8, 4) is 0 Å². The van der Waals surface area contributed by atoms with Crippen LogP contribution in [-0.4, -0.2) is 12.4 Å². The van der Waals surface area contributed by atoms with E-state index < -0.39 is 0 Å². The molecule has 0 radical (unpaired) electrons. The zero-order valence-corrected chi connectivity index (χ0v) is 5.93. The molecule has 0 amide bonds. The van der Waals surface area contributed by atoms with Crippen molar-refractivity contribution < 1.29 is 0 Å². The molecule has 1 fully saturated rings. The number of aliphatic imine (C=N–C) groups is 1. The van der Waals surface area contributed by atoms with Gasteiger partial charge in [0.1, 0.15) is 5.66 Å². The van der Waals surface area contributed by atoms with Gasteiger partial charge in [0.2, 0.25) is 0 Å². The molecule has 0 heterocycles. The lowest BCUT2D eigenvalue weighted by Crippen LogP contribution is -2.39. The summed E-state index contributed by atoms with van der Waals surface area (Å²) in [5.41, 5.74) is 5.58. The molecule has 0 saturated heterocycles. The van der Waals surface area contributed by atoms with E-state index in [1.165, 1.54) is 12.8 Å². The smallest absolute Gasteiger partial charge is 0.110 e. The number of rotatable bonds is 1. The summed E-state index contributed by atoms with van der Waals surface area (Å²) in [6, 6.07) is 0. The molecule has 0 aliphatic heterocycles. The Hall–Kier alpha value is -0.370. The Bertz CT molecular complexity index is 122. The largest absolute Gasteiger partial charge is 0.307 e. The van der Waals surface area contributed by atoms with Crippen LogP contribution in [0.5, 0.6) is 0 Å². The number of hydrogen-bond acceptors (Lipinski definition) is 2. The van der Waals surface area contributed by atoms with Gasteiger partial charge in [-0.2, -0.15) is 0 Å². The van der Waals surface area contributed by atoms with Crippen LogP contribution >= 0.6 is 0 Å². The Kier molecular flexibility index (Phi) is 1.58. The lowest BCUT2D eigenvalue weighted by Gasteiger charge is -2.22. The van der Waals surface area contributed by atoms with E-state index in [-0.39, 0.29) is 5.66 Å². The van der Waals surface area contributed by atoms with Gasteiger partial charge < -0.3 is 5.73 Å². The molecule has 0 aromatic heterocycles. The Labute approximate surface area is 56.2 Å². The summed E-state index contributed by atoms with van der Waals surface area (Å²) in [7, 11) is 0. The first-order chi connectivity index (χ1) is 4.19. The molecule has 9 heavy (non-hydrogen) atoms. The zero-order chi connectivity index (χ0) is 6.91. The van der Waals surface area contributed by atoms with E-state index in [0.29, 0.717) is 5.92 Å². The van der Waals surface area contributed by atoms with Crippen molar-refractivity contribution in [1.82, 2.24) is 0 Å². The molecule has 2 nitrogen and oxygen atoms in total. The molecule has 2 N–H and O–H groups in total. The topological polar surface area (TPSA) is 38.4 Å². The summed E-state index contributed by atoms with van der Waals surface area (Å²) in [6.45, 7) is 5.63. The molecule has 0 bridgehead atoms. The van der Waals surface area contributed by atoms with Crippen LogP contribution in [0.3, 0.4) is 0 Å². The fourth-order valence-corrected chi connectivity index (χ4v) is 1.42. The van der Waals surface area contributed by atoms with E-state index in [0.717, 1.165) is 6.42 Å². The zero-order valence-electron chi connectivity index (χ0n) is 5.93. The molecule has 1 aliphatic carbocycles. The molecular formula is C7H14N2. The molecule has 1 rings (SSSR count). The van der Waals surface area contributed by atoms with Crippen LogP contribution in [0.4, 0.5) is 0 Å². The van der Waals surface area contributed by atoms with Crippen LogP contribution in [0, 0.1) is 5.92 Å². The van der Waals surface area contributed by atoms with Gasteiger partial charge in [0.05, 0.1) is 0 Å². The van der Waals surface area contributed by atoms with Gasteiger partial charge in [-0.15, -0.1) is 0 Å². The molecule has 1 aliphatic rings. The third kappa shape index (κ3) is 0.990. The molecule has 52 valence electrons. The molecule has 2 heteroatoms. The highest BCUT2D eigenvalue weighted by Gasteiger charge is 2.34. The number of nitrogens with two attached hydrogens (primary N) is 1. The van der Waals surface area contributed by atoms with Crippen LogP contribution in [0.2, 0.25) is 0 Å². The monoisotopic (exact) mass is 126 g/mol. The van der Waals surface area contributed by atoms with Crippen molar-refractivity contribution in [1.29, 1.82) is 0 Å². The molecule has 2 unspecified atom stereocenters. The fraction of sp³-hybridized carbons (Fsp3) is 0.857. The molecule has 0 aromatic carbocycles. The van der Waals surface area contributed by atoms with Crippen molar-refractivity contribution >= 4 is 6.72 Å². The SMILES string of the molecule is C=NC1(N)CCCC1C. The van der Waals surface area contributed by atoms with Crippen LogP contribution in [0.25, 0.3) is 0 Å². The van der Waals surface area contributed by atoms with Gasteiger partial charge in [-0.25, -0.2) is 0 Å². The van der Waals surface area contributed by atoms with E-state index in [1.54, 1.807) is 0 Å². The first-order valence-corrected chi connectivity index (χ1v) is 3.46. The van der Waals surface area contributed by atoms with Gasteiger partial charge in [0, 0.05) is 0 Å². The Morgan fingerprint density at radius 2 is 2.44 bits per heavy atom. The summed E-state index contributed by atoms with van der Waals surface area (Å²) in [6.07, 6.45) is 3.42. The minimum absolute atomic E-state index is 0.292. The van der Waals surface area contributed by atoms with E-state index in [2.05, 4.69) is 18.6 Å². The summed E-state index contributed by atoms with van der Waals surface area (Å²) in [4.78, 5) is 3.93. The van der Waals surface area contributed by atoms with Gasteiger partial charge in [0.25, 0.3) is 0 Å². The lowest BCUT2D eigenvalue weighted by molar-refractivity contribution is 0.357. The van der Waals surface area contributed by atoms with E-state index >= 15 is 0 Å². The second-order valence-corrected chi connectivity index (χ2v) is 2.94. The second-order valence-electron chi connectivity index (χ2n) is 2.94. The van der Waals surface area contributed by atoms with Gasteiger partial charge in [0.15, 0.2) is 0 Å². The van der Waals surface area contributed by atoms with Crippen LogP contribution in [0.1, 0.15) is 26.2 Å². The predicted octanol–water partition coefficient (Wildman–Crippen LogP) is 1.16. The number of hydrogen-bond donors (Lipinski definition) is 1. The third-order valence-corrected chi connectivity index (χ3v) is 2.36. The van der Waals surface area contributed by atoms with E-state index in [4.69, 9.17) is 5.73 Å². The maximum absolute atomic E-state index is 5.87. The average molecular weight is 126 g/mol. The Morgan fingerprint density at radius 1 is 1.78 bits per heavy atom. The quantitative estimate of drug-likeness (QED) is 0.526. The first-order valence-electron chi connectivity index (χ1n) is 3.46. The van der Waals surface area contributed by atoms with Crippen molar-refractivity contribution in [2.75, 3.05) is 0 Å².